The topological polar surface area (TPSA) is 61.0 Å². The van der Waals surface area contributed by atoms with Gasteiger partial charge in [0.2, 0.25) is 10.8 Å². The molecule has 2 aromatic rings. The number of hydrogen-bond acceptors (Lipinski definition) is 3. The van der Waals surface area contributed by atoms with Crippen molar-refractivity contribution >= 4 is 40.5 Å². The molecule has 1 aromatic heterocycles. The van der Waals surface area contributed by atoms with E-state index < -0.39 is 27.6 Å². The molecule has 1 heterocycles. The molecule has 1 aromatic carbocycles. The second-order valence-corrected chi connectivity index (χ2v) is 4.93. The molecular weight excluding hydrogens is 357 g/mol. The molecule has 0 saturated heterocycles. The second kappa shape index (κ2) is 5.36. The van der Waals surface area contributed by atoms with Crippen molar-refractivity contribution in [2.75, 3.05) is 0 Å². The molecule has 0 N–H and O–H groups in total. The zero-order valence-corrected chi connectivity index (χ0v) is 11.9. The maximum absolute atomic E-state index is 12.8. The number of benzene rings is 1. The van der Waals surface area contributed by atoms with Crippen LogP contribution >= 0.6 is 34.8 Å². The van der Waals surface area contributed by atoms with Crippen LogP contribution in [0.5, 0.6) is 0 Å². The summed E-state index contributed by atoms with van der Waals surface area (Å²) in [6.45, 7) is 0. The van der Waals surface area contributed by atoms with Crippen molar-refractivity contribution in [3.05, 3.63) is 49.2 Å². The SMILES string of the molecule is O=[N+]([O-])c1c(C(F)(F)F)nn(-c2ccc(Cl)c(Cl)c2)c1Cl. The zero-order chi connectivity index (χ0) is 15.9. The number of nitro groups is 1. The van der Waals surface area contributed by atoms with E-state index in [1.165, 1.54) is 18.2 Å². The fourth-order valence-corrected chi connectivity index (χ4v) is 2.12. The Kier molecular flexibility index (Phi) is 4.05. The van der Waals surface area contributed by atoms with Gasteiger partial charge in [-0.25, -0.2) is 4.68 Å². The third-order valence-electron chi connectivity index (χ3n) is 2.40. The molecule has 0 bridgehead atoms. The van der Waals surface area contributed by atoms with Gasteiger partial charge in [0.15, 0.2) is 0 Å². The molecule has 21 heavy (non-hydrogen) atoms. The number of aromatic nitrogens is 2. The maximum atomic E-state index is 12.8. The van der Waals surface area contributed by atoms with Gasteiger partial charge in [0.05, 0.1) is 20.7 Å². The molecule has 0 aliphatic rings. The molecular formula is C10H3Cl3F3N3O2. The lowest BCUT2D eigenvalue weighted by molar-refractivity contribution is -0.388. The van der Waals surface area contributed by atoms with Crippen molar-refractivity contribution in [3.63, 3.8) is 0 Å². The predicted octanol–water partition coefficient (Wildman–Crippen LogP) is 4.76. The molecule has 112 valence electrons. The standard InChI is InChI=1S/C10H3Cl3F3N3O2/c11-5-2-1-4(3-6(5)12)18-9(13)7(19(20)21)8(17-18)10(14,15)16/h1-3H. The first kappa shape index (κ1) is 15.9. The highest BCUT2D eigenvalue weighted by molar-refractivity contribution is 6.42. The fraction of sp³-hybridized carbons (Fsp3) is 0.100. The highest BCUT2D eigenvalue weighted by atomic mass is 35.5. The summed E-state index contributed by atoms with van der Waals surface area (Å²) in [4.78, 5) is 9.53. The quantitative estimate of drug-likeness (QED) is 0.573. The van der Waals surface area contributed by atoms with Crippen LogP contribution in [-0.4, -0.2) is 14.7 Å². The molecule has 0 unspecified atom stereocenters. The minimum Gasteiger partial charge on any atom is -0.258 e. The van der Waals surface area contributed by atoms with E-state index >= 15 is 0 Å². The van der Waals surface area contributed by atoms with Gasteiger partial charge in [-0.2, -0.15) is 18.3 Å². The summed E-state index contributed by atoms with van der Waals surface area (Å²) >= 11 is 17.1. The van der Waals surface area contributed by atoms with E-state index in [-0.39, 0.29) is 15.7 Å². The molecule has 0 radical (unpaired) electrons. The average Bonchev–Trinajstić information content (AvgIpc) is 2.70. The summed E-state index contributed by atoms with van der Waals surface area (Å²) in [6, 6.07) is 3.76. The van der Waals surface area contributed by atoms with Crippen LogP contribution < -0.4 is 0 Å². The van der Waals surface area contributed by atoms with Crippen molar-refractivity contribution in [2.45, 2.75) is 6.18 Å². The molecule has 0 saturated carbocycles. The zero-order valence-electron chi connectivity index (χ0n) is 9.66. The largest absolute Gasteiger partial charge is 0.442 e. The first-order chi connectivity index (χ1) is 9.62. The summed E-state index contributed by atoms with van der Waals surface area (Å²) in [5.74, 6) is 0. The Labute approximate surface area is 130 Å². The Hall–Kier alpha value is -1.51. The summed E-state index contributed by atoms with van der Waals surface area (Å²) in [6.07, 6.45) is -5.02. The fourth-order valence-electron chi connectivity index (χ4n) is 1.53. The number of rotatable bonds is 2. The number of nitrogens with zero attached hydrogens (tertiary/aromatic N) is 3. The minimum atomic E-state index is -5.02. The van der Waals surface area contributed by atoms with Gasteiger partial charge in [-0.05, 0) is 18.2 Å². The van der Waals surface area contributed by atoms with Gasteiger partial charge in [0.1, 0.15) is 0 Å². The Morgan fingerprint density at radius 3 is 2.24 bits per heavy atom. The first-order valence-electron chi connectivity index (χ1n) is 5.08. The predicted molar refractivity (Wildman–Crippen MR) is 70.3 cm³/mol. The van der Waals surface area contributed by atoms with E-state index in [2.05, 4.69) is 5.10 Å². The van der Waals surface area contributed by atoms with Gasteiger partial charge in [0.25, 0.3) is 0 Å². The van der Waals surface area contributed by atoms with Gasteiger partial charge in [-0.3, -0.25) is 10.1 Å². The average molecular weight is 361 g/mol. The maximum Gasteiger partial charge on any atom is 0.442 e. The van der Waals surface area contributed by atoms with Gasteiger partial charge < -0.3 is 0 Å². The monoisotopic (exact) mass is 359 g/mol. The van der Waals surface area contributed by atoms with E-state index in [1.807, 2.05) is 0 Å². The van der Waals surface area contributed by atoms with Crippen molar-refractivity contribution in [3.8, 4) is 5.69 Å². The smallest absolute Gasteiger partial charge is 0.258 e. The van der Waals surface area contributed by atoms with Crippen LogP contribution in [0, 0.1) is 10.1 Å². The van der Waals surface area contributed by atoms with Gasteiger partial charge >= 0.3 is 11.9 Å². The van der Waals surface area contributed by atoms with Crippen molar-refractivity contribution in [1.29, 1.82) is 0 Å². The molecule has 2 rings (SSSR count). The van der Waals surface area contributed by atoms with Gasteiger partial charge in [0, 0.05) is 0 Å². The lowest BCUT2D eigenvalue weighted by Gasteiger charge is -2.04. The van der Waals surface area contributed by atoms with Gasteiger partial charge in [-0.15, -0.1) is 0 Å². The Bertz CT molecular complexity index is 730. The molecule has 0 aliphatic carbocycles. The molecule has 0 amide bonds. The number of halogens is 6. The molecule has 0 atom stereocenters. The molecule has 0 fully saturated rings. The van der Waals surface area contributed by atoms with E-state index in [1.54, 1.807) is 0 Å². The lowest BCUT2D eigenvalue weighted by Crippen LogP contribution is -2.09. The van der Waals surface area contributed by atoms with E-state index in [9.17, 15) is 23.3 Å². The van der Waals surface area contributed by atoms with Crippen molar-refractivity contribution < 1.29 is 18.1 Å². The van der Waals surface area contributed by atoms with Crippen LogP contribution in [0.2, 0.25) is 15.2 Å². The Balaban J connectivity index is 2.71. The van der Waals surface area contributed by atoms with Gasteiger partial charge in [-0.1, -0.05) is 34.8 Å². The molecule has 5 nitrogen and oxygen atoms in total. The van der Waals surface area contributed by atoms with Crippen LogP contribution in [0.1, 0.15) is 5.69 Å². The Morgan fingerprint density at radius 2 is 1.81 bits per heavy atom. The van der Waals surface area contributed by atoms with E-state index in [0.29, 0.717) is 4.68 Å². The first-order valence-corrected chi connectivity index (χ1v) is 6.22. The highest BCUT2D eigenvalue weighted by Crippen LogP contribution is 2.40. The van der Waals surface area contributed by atoms with Crippen LogP contribution in [0.25, 0.3) is 5.69 Å². The van der Waals surface area contributed by atoms with Crippen LogP contribution in [-0.2, 0) is 6.18 Å². The minimum absolute atomic E-state index is 0.00741. The van der Waals surface area contributed by atoms with E-state index in [4.69, 9.17) is 34.8 Å². The highest BCUT2D eigenvalue weighted by Gasteiger charge is 2.45. The van der Waals surface area contributed by atoms with Crippen molar-refractivity contribution in [1.82, 2.24) is 9.78 Å². The van der Waals surface area contributed by atoms with Crippen LogP contribution in [0.3, 0.4) is 0 Å². The summed E-state index contributed by atoms with van der Waals surface area (Å²) < 4.78 is 38.9. The summed E-state index contributed by atoms with van der Waals surface area (Å²) in [5.41, 5.74) is -3.01. The summed E-state index contributed by atoms with van der Waals surface area (Å²) in [5, 5.41) is 13.3. The number of alkyl halides is 3. The Morgan fingerprint density at radius 1 is 1.19 bits per heavy atom. The molecule has 11 heteroatoms. The van der Waals surface area contributed by atoms with Crippen molar-refractivity contribution in [2.24, 2.45) is 0 Å². The lowest BCUT2D eigenvalue weighted by atomic mass is 10.3. The second-order valence-electron chi connectivity index (χ2n) is 3.75. The molecule has 0 aliphatic heterocycles. The summed E-state index contributed by atoms with van der Waals surface area (Å²) in [7, 11) is 0. The molecule has 0 spiro atoms. The number of hydrogen-bond donors (Lipinski definition) is 0. The third kappa shape index (κ3) is 2.92. The van der Waals surface area contributed by atoms with Crippen LogP contribution in [0.4, 0.5) is 18.9 Å². The normalized spacial score (nSPS) is 11.7. The van der Waals surface area contributed by atoms with Crippen LogP contribution in [0.15, 0.2) is 18.2 Å². The third-order valence-corrected chi connectivity index (χ3v) is 3.48. The van der Waals surface area contributed by atoms with E-state index in [0.717, 1.165) is 0 Å².